The van der Waals surface area contributed by atoms with Crippen molar-refractivity contribution in [1.82, 2.24) is 0 Å². The van der Waals surface area contributed by atoms with Crippen LogP contribution in [0.5, 0.6) is 17.2 Å². The van der Waals surface area contributed by atoms with Crippen LogP contribution in [0, 0.1) is 0 Å². The minimum absolute atomic E-state index is 0.0805. The average molecular weight is 1000 g/mol. The fourth-order valence-corrected chi connectivity index (χ4v) is 24.5. The van der Waals surface area contributed by atoms with Crippen molar-refractivity contribution in [2.45, 2.75) is 94.1 Å². The van der Waals surface area contributed by atoms with Gasteiger partial charge in [0.25, 0.3) is 0 Å². The highest BCUT2D eigenvalue weighted by Gasteiger charge is 2.25. The Bertz CT molecular complexity index is 1630. The third-order valence-corrected chi connectivity index (χ3v) is 27.2. The summed E-state index contributed by atoms with van der Waals surface area (Å²) >= 11 is 16.8. The maximum Gasteiger partial charge on any atom is 0.313 e. The summed E-state index contributed by atoms with van der Waals surface area (Å²) in [6.45, 7) is 24.7. The molecule has 3 aromatic rings. The Hall–Kier alpha value is -0.0500. The molecule has 0 aliphatic heterocycles. The topological polar surface area (TPSA) is 90.9 Å². The number of hydrogen-bond donors (Lipinski definition) is 0. The third-order valence-electron chi connectivity index (χ3n) is 7.32. The summed E-state index contributed by atoms with van der Waals surface area (Å²) in [5.74, 6) is 1.98. The molecule has 0 aliphatic rings. The second-order valence-corrected chi connectivity index (χ2v) is 33.5. The first-order chi connectivity index (χ1) is 28.7. The van der Waals surface area contributed by atoms with Gasteiger partial charge in [0, 0.05) is 16.9 Å². The highest BCUT2D eigenvalue weighted by atomic mass is 33.1. The molecule has 9 nitrogen and oxygen atoms in total. The first-order valence-electron chi connectivity index (χ1n) is 20.4. The largest absolute Gasteiger partial charge is 0.494 e. The predicted octanol–water partition coefficient (Wildman–Crippen LogP) is 15.8. The summed E-state index contributed by atoms with van der Waals surface area (Å²) in [5.41, 5.74) is -2.26. The molecule has 18 heteroatoms. The third kappa shape index (κ3) is 25.4. The Kier molecular flexibility index (Phi) is 32.3. The molecule has 0 bridgehead atoms. The zero-order valence-electron chi connectivity index (χ0n) is 37.2. The monoisotopic (exact) mass is 1000 g/mol. The second-order valence-electron chi connectivity index (χ2n) is 12.9. The number of para-hydroxylation sites is 1. The molecule has 0 N–H and O–H groups in total. The van der Waals surface area contributed by atoms with E-state index in [1.807, 2.05) is 102 Å². The number of benzene rings is 3. The predicted molar refractivity (Wildman–Crippen MR) is 273 cm³/mol. The highest BCUT2D eigenvalue weighted by molar-refractivity contribution is 8.89. The van der Waals surface area contributed by atoms with Crippen molar-refractivity contribution < 1.29 is 41.4 Å². The van der Waals surface area contributed by atoms with E-state index in [0.717, 1.165) is 47.2 Å². The lowest BCUT2D eigenvalue weighted by Crippen LogP contribution is -2.24. The minimum atomic E-state index is -2.42. The van der Waals surface area contributed by atoms with Gasteiger partial charge in [-0.05, 0) is 126 Å². The standard InChI is InChI=1S/C25H28O3.C9H22O4P2S4.C8H19O2PS2/c1-4-27-22-15-13-21(14-16-22)25(2,3)19-26-18-20-9-8-12-24(17-20)28-23-10-6-5-7-11-23;1-5-10-14(16,11-6-2)18-9-19-15(17,12-7-3)13-8-4;1-4-7-12-11(9,10-6-3)13-8-5-2/h5-17H,4,18-19H2,1-3H3;5-9H2,1-4H3;4-8H2,1-3H3. The Balaban J connectivity index is 0.000000490. The fourth-order valence-electron chi connectivity index (χ4n) is 4.68. The van der Waals surface area contributed by atoms with E-state index >= 15 is 0 Å². The van der Waals surface area contributed by atoms with Gasteiger partial charge >= 0.3 is 5.77 Å². The SMILES string of the molecule is CCCSP(=O)(OCC)SCCC.CCOP(=S)(OCC)SCSP(=S)(OCC)OCC.CCOc1ccc(C(C)(C)COCc2cccc(Oc3ccccc3)c2)cc1. The summed E-state index contributed by atoms with van der Waals surface area (Å²) in [5, 5.41) is 0.661. The molecule has 3 aromatic carbocycles. The Morgan fingerprint density at radius 3 is 1.53 bits per heavy atom. The molecule has 0 aromatic heterocycles. The highest BCUT2D eigenvalue weighted by Crippen LogP contribution is 2.70. The van der Waals surface area contributed by atoms with E-state index in [0.29, 0.717) is 57.9 Å². The van der Waals surface area contributed by atoms with Gasteiger partial charge in [0.15, 0.2) is 0 Å². The van der Waals surface area contributed by atoms with Crippen LogP contribution in [0.3, 0.4) is 0 Å². The summed E-state index contributed by atoms with van der Waals surface area (Å²) in [6.07, 6.45) is 2.10. The van der Waals surface area contributed by atoms with E-state index in [1.165, 1.54) is 51.1 Å². The molecule has 0 aliphatic carbocycles. The molecule has 0 radical (unpaired) electrons. The molecular formula is C42H69O9P3S6. The zero-order valence-corrected chi connectivity index (χ0v) is 44.7. The second kappa shape index (κ2) is 33.4. The van der Waals surface area contributed by atoms with E-state index in [9.17, 15) is 4.57 Å². The quantitative estimate of drug-likeness (QED) is 0.0488. The molecule has 0 saturated carbocycles. The van der Waals surface area contributed by atoms with Crippen molar-refractivity contribution in [3.8, 4) is 17.2 Å². The van der Waals surface area contributed by atoms with Crippen molar-refractivity contribution >= 4 is 86.3 Å². The number of rotatable bonds is 29. The van der Waals surface area contributed by atoms with Gasteiger partial charge < -0.3 is 36.8 Å². The molecule has 0 atom stereocenters. The van der Waals surface area contributed by atoms with Crippen LogP contribution in [-0.2, 0) is 67.6 Å². The lowest BCUT2D eigenvalue weighted by atomic mass is 9.85. The molecule has 0 heterocycles. The van der Waals surface area contributed by atoms with Crippen LogP contribution >= 0.6 is 62.7 Å². The van der Waals surface area contributed by atoms with Crippen LogP contribution in [-0.4, -0.2) is 62.8 Å². The van der Waals surface area contributed by atoms with Crippen LogP contribution in [0.1, 0.15) is 93.2 Å². The van der Waals surface area contributed by atoms with Gasteiger partial charge in [-0.1, -0.05) is 116 Å². The summed E-state index contributed by atoms with van der Waals surface area (Å²) in [4.78, 5) is 0. The van der Waals surface area contributed by atoms with E-state index < -0.39 is 17.2 Å². The van der Waals surface area contributed by atoms with Crippen molar-refractivity contribution in [2.24, 2.45) is 0 Å². The maximum absolute atomic E-state index is 12.0. The molecule has 0 saturated heterocycles. The van der Waals surface area contributed by atoms with Gasteiger partial charge in [-0.3, -0.25) is 4.57 Å². The van der Waals surface area contributed by atoms with Gasteiger partial charge in [0.1, 0.15) is 17.2 Å². The molecule has 0 amide bonds. The average Bonchev–Trinajstić information content (AvgIpc) is 3.21. The maximum atomic E-state index is 12.0. The zero-order chi connectivity index (χ0) is 44.8. The lowest BCUT2D eigenvalue weighted by molar-refractivity contribution is 0.0824. The van der Waals surface area contributed by atoms with Gasteiger partial charge in [-0.15, -0.1) is 0 Å². The van der Waals surface area contributed by atoms with Crippen LogP contribution in [0.15, 0.2) is 78.9 Å². The molecule has 342 valence electrons. The molecule has 60 heavy (non-hydrogen) atoms. The van der Waals surface area contributed by atoms with Gasteiger partial charge in [0.05, 0.1) is 57.9 Å². The minimum Gasteiger partial charge on any atom is -0.494 e. The summed E-state index contributed by atoms with van der Waals surface area (Å²) in [6, 6.07) is 26.1. The van der Waals surface area contributed by atoms with Crippen molar-refractivity contribution in [3.63, 3.8) is 0 Å². The Morgan fingerprint density at radius 1 is 0.567 bits per heavy atom. The van der Waals surface area contributed by atoms with Gasteiger partial charge in [-0.2, -0.15) is 0 Å². The fraction of sp³-hybridized carbons (Fsp3) is 0.571. The van der Waals surface area contributed by atoms with Crippen molar-refractivity contribution in [3.05, 3.63) is 90.0 Å². The van der Waals surface area contributed by atoms with E-state index in [1.54, 1.807) is 0 Å². The van der Waals surface area contributed by atoms with E-state index in [-0.39, 0.29) is 5.41 Å². The normalized spacial score (nSPS) is 11.9. The Labute approximate surface area is 389 Å². The molecular weight excluding hydrogens is 934 g/mol. The first-order valence-corrected chi connectivity index (χ1v) is 33.7. The Morgan fingerprint density at radius 2 is 1.07 bits per heavy atom. The number of ether oxygens (including phenoxy) is 3. The van der Waals surface area contributed by atoms with Crippen LogP contribution in [0.4, 0.5) is 0 Å². The van der Waals surface area contributed by atoms with E-state index in [2.05, 4.69) is 45.9 Å². The first kappa shape index (κ1) is 58.0. The number of hydrogen-bond acceptors (Lipinski definition) is 15. The summed E-state index contributed by atoms with van der Waals surface area (Å²) < 4.78 is 57.0. The molecule has 0 spiro atoms. The van der Waals surface area contributed by atoms with E-state index in [4.69, 9.17) is 60.4 Å². The van der Waals surface area contributed by atoms with Crippen LogP contribution < -0.4 is 9.47 Å². The summed E-state index contributed by atoms with van der Waals surface area (Å²) in [7, 11) is 0. The van der Waals surface area contributed by atoms with Crippen LogP contribution in [0.2, 0.25) is 0 Å². The van der Waals surface area contributed by atoms with Crippen molar-refractivity contribution in [1.29, 1.82) is 0 Å². The molecule has 0 unspecified atom stereocenters. The molecule has 3 rings (SSSR count). The molecule has 0 fully saturated rings. The van der Waals surface area contributed by atoms with Crippen molar-refractivity contribution in [2.75, 3.05) is 62.8 Å². The van der Waals surface area contributed by atoms with Gasteiger partial charge in [0.2, 0.25) is 11.4 Å². The van der Waals surface area contributed by atoms with Crippen LogP contribution in [0.25, 0.3) is 0 Å². The van der Waals surface area contributed by atoms with Gasteiger partial charge in [-0.25, -0.2) is 0 Å². The lowest BCUT2D eigenvalue weighted by Gasteiger charge is -2.25. The smallest absolute Gasteiger partial charge is 0.313 e.